The van der Waals surface area contributed by atoms with Crippen molar-refractivity contribution in [3.63, 3.8) is 0 Å². The second-order valence-electron chi connectivity index (χ2n) is 4.96. The molecule has 1 aromatic heterocycles. The number of hydrogen-bond donors (Lipinski definition) is 2. The molecule has 1 heterocycles. The number of aliphatic hydroxyl groups is 1. The van der Waals surface area contributed by atoms with Gasteiger partial charge in [0.25, 0.3) is 0 Å². The number of carbonyl (C=O) groups is 1. The summed E-state index contributed by atoms with van der Waals surface area (Å²) in [6.07, 6.45) is 3.61. The molecule has 2 N–H and O–H groups in total. The Bertz CT molecular complexity index is 395. The van der Waals surface area contributed by atoms with Crippen LogP contribution in [0.4, 0.5) is 0 Å². The summed E-state index contributed by atoms with van der Waals surface area (Å²) >= 11 is 0. The maximum absolute atomic E-state index is 11.8. The van der Waals surface area contributed by atoms with E-state index >= 15 is 0 Å². The van der Waals surface area contributed by atoms with Gasteiger partial charge in [-0.15, -0.1) is 5.10 Å². The Hall–Kier alpha value is -1.43. The van der Waals surface area contributed by atoms with Crippen LogP contribution in [-0.4, -0.2) is 32.6 Å². The molecule has 1 atom stereocenters. The molecule has 1 amide bonds. The molecule has 18 heavy (non-hydrogen) atoms. The zero-order valence-electron chi connectivity index (χ0n) is 11.5. The second kappa shape index (κ2) is 5.95. The van der Waals surface area contributed by atoms with E-state index in [1.165, 1.54) is 4.68 Å². The van der Waals surface area contributed by atoms with Gasteiger partial charge in [0.1, 0.15) is 17.3 Å². The molecule has 0 spiro atoms. The smallest absolute Gasteiger partial charge is 0.244 e. The maximum Gasteiger partial charge on any atom is 0.244 e. The van der Waals surface area contributed by atoms with Crippen molar-refractivity contribution in [3.05, 3.63) is 11.9 Å². The Kier molecular flexibility index (Phi) is 4.84. The highest BCUT2D eigenvalue weighted by molar-refractivity contribution is 5.79. The molecule has 0 saturated heterocycles. The molecule has 0 aromatic carbocycles. The zero-order chi connectivity index (χ0) is 13.8. The third-order valence-corrected chi connectivity index (χ3v) is 2.74. The van der Waals surface area contributed by atoms with Crippen molar-refractivity contribution in [3.8, 4) is 0 Å². The van der Waals surface area contributed by atoms with Crippen LogP contribution in [0.15, 0.2) is 6.20 Å². The van der Waals surface area contributed by atoms with E-state index in [9.17, 15) is 9.90 Å². The van der Waals surface area contributed by atoms with Crippen molar-refractivity contribution in [2.75, 3.05) is 6.54 Å². The van der Waals surface area contributed by atoms with Crippen LogP contribution in [-0.2, 0) is 10.4 Å². The Labute approximate surface area is 107 Å². The van der Waals surface area contributed by atoms with Crippen molar-refractivity contribution in [1.29, 1.82) is 0 Å². The van der Waals surface area contributed by atoms with Crippen LogP contribution in [0.5, 0.6) is 0 Å². The number of hydrogen-bond acceptors (Lipinski definition) is 4. The summed E-state index contributed by atoms with van der Waals surface area (Å²) in [5.74, 6) is -0.0874. The number of nitrogens with zero attached hydrogens (tertiary/aromatic N) is 3. The molecule has 1 aromatic rings. The van der Waals surface area contributed by atoms with Gasteiger partial charge in [0.05, 0.1) is 6.20 Å². The number of aromatic nitrogens is 3. The number of carbonyl (C=O) groups excluding carboxylic acids is 1. The maximum atomic E-state index is 11.8. The molecule has 0 radical (unpaired) electrons. The average Bonchev–Trinajstić information content (AvgIpc) is 2.77. The Morgan fingerprint density at radius 3 is 2.78 bits per heavy atom. The van der Waals surface area contributed by atoms with Gasteiger partial charge in [-0.3, -0.25) is 4.79 Å². The summed E-state index contributed by atoms with van der Waals surface area (Å²) in [6.45, 7) is 7.76. The Morgan fingerprint density at radius 2 is 2.28 bits per heavy atom. The topological polar surface area (TPSA) is 80.0 Å². The van der Waals surface area contributed by atoms with Gasteiger partial charge < -0.3 is 10.4 Å². The SMILES string of the molecule is CCCCNC(=O)C(C)n1cc(C(C)(C)O)nn1. The van der Waals surface area contributed by atoms with Gasteiger partial charge in [0.15, 0.2) is 0 Å². The van der Waals surface area contributed by atoms with Crippen molar-refractivity contribution >= 4 is 5.91 Å². The normalized spacial score (nSPS) is 13.4. The van der Waals surface area contributed by atoms with Gasteiger partial charge in [-0.1, -0.05) is 18.6 Å². The molecule has 0 aliphatic heterocycles. The van der Waals surface area contributed by atoms with Gasteiger partial charge >= 0.3 is 0 Å². The Morgan fingerprint density at radius 1 is 1.61 bits per heavy atom. The highest BCUT2D eigenvalue weighted by Crippen LogP contribution is 2.17. The summed E-state index contributed by atoms with van der Waals surface area (Å²) in [5.41, 5.74) is -0.591. The minimum atomic E-state index is -1.04. The van der Waals surface area contributed by atoms with Gasteiger partial charge in [0, 0.05) is 6.54 Å². The van der Waals surface area contributed by atoms with Gasteiger partial charge in [-0.05, 0) is 27.2 Å². The molecule has 1 rings (SSSR count). The zero-order valence-corrected chi connectivity index (χ0v) is 11.5. The van der Waals surface area contributed by atoms with E-state index < -0.39 is 11.6 Å². The molecule has 0 aliphatic rings. The van der Waals surface area contributed by atoms with E-state index in [0.29, 0.717) is 12.2 Å². The minimum Gasteiger partial charge on any atom is -0.384 e. The van der Waals surface area contributed by atoms with E-state index in [-0.39, 0.29) is 5.91 Å². The van der Waals surface area contributed by atoms with E-state index in [1.54, 1.807) is 27.0 Å². The first-order chi connectivity index (χ1) is 8.36. The molecule has 0 saturated carbocycles. The van der Waals surface area contributed by atoms with Gasteiger partial charge in [-0.25, -0.2) is 4.68 Å². The predicted octanol–water partition coefficient (Wildman–Crippen LogP) is 0.983. The van der Waals surface area contributed by atoms with Crippen molar-refractivity contribution in [2.45, 2.75) is 52.2 Å². The lowest BCUT2D eigenvalue weighted by molar-refractivity contribution is -0.124. The standard InChI is InChI=1S/C12H22N4O2/c1-5-6-7-13-11(17)9(2)16-8-10(14-15-16)12(3,4)18/h8-9,18H,5-7H2,1-4H3,(H,13,17). The lowest BCUT2D eigenvalue weighted by atomic mass is 10.1. The fourth-order valence-corrected chi connectivity index (χ4v) is 1.40. The van der Waals surface area contributed by atoms with Crippen LogP contribution in [0.2, 0.25) is 0 Å². The molecule has 6 nitrogen and oxygen atoms in total. The molecule has 102 valence electrons. The first kappa shape index (κ1) is 14.6. The van der Waals surface area contributed by atoms with E-state index in [0.717, 1.165) is 12.8 Å². The van der Waals surface area contributed by atoms with Crippen molar-refractivity contribution in [1.82, 2.24) is 20.3 Å². The van der Waals surface area contributed by atoms with Crippen molar-refractivity contribution < 1.29 is 9.90 Å². The summed E-state index contributed by atoms with van der Waals surface area (Å²) in [7, 11) is 0. The highest BCUT2D eigenvalue weighted by Gasteiger charge is 2.23. The lowest BCUT2D eigenvalue weighted by Gasteiger charge is -2.13. The first-order valence-corrected chi connectivity index (χ1v) is 6.28. The fourth-order valence-electron chi connectivity index (χ4n) is 1.40. The highest BCUT2D eigenvalue weighted by atomic mass is 16.3. The van der Waals surface area contributed by atoms with Gasteiger partial charge in [0.2, 0.25) is 5.91 Å². The number of amides is 1. The molecule has 6 heteroatoms. The quantitative estimate of drug-likeness (QED) is 0.742. The summed E-state index contributed by atoms with van der Waals surface area (Å²) in [5, 5.41) is 20.4. The number of unbranched alkanes of at least 4 members (excludes halogenated alkanes) is 1. The third-order valence-electron chi connectivity index (χ3n) is 2.74. The molecular formula is C12H22N4O2. The predicted molar refractivity (Wildman–Crippen MR) is 67.9 cm³/mol. The van der Waals surface area contributed by atoms with Crippen LogP contribution in [0.1, 0.15) is 52.3 Å². The molecule has 1 unspecified atom stereocenters. The number of nitrogens with one attached hydrogen (secondary N) is 1. The monoisotopic (exact) mass is 254 g/mol. The van der Waals surface area contributed by atoms with Crippen LogP contribution >= 0.6 is 0 Å². The van der Waals surface area contributed by atoms with E-state index in [4.69, 9.17) is 0 Å². The van der Waals surface area contributed by atoms with Crippen molar-refractivity contribution in [2.24, 2.45) is 0 Å². The summed E-state index contributed by atoms with van der Waals surface area (Å²) < 4.78 is 1.47. The van der Waals surface area contributed by atoms with Crippen LogP contribution in [0.3, 0.4) is 0 Å². The number of rotatable bonds is 6. The molecular weight excluding hydrogens is 232 g/mol. The van der Waals surface area contributed by atoms with E-state index in [2.05, 4.69) is 22.6 Å². The molecule has 0 aliphatic carbocycles. The largest absolute Gasteiger partial charge is 0.384 e. The van der Waals surface area contributed by atoms with Crippen LogP contribution in [0.25, 0.3) is 0 Å². The molecule has 0 fully saturated rings. The second-order valence-corrected chi connectivity index (χ2v) is 4.96. The third kappa shape index (κ3) is 3.80. The minimum absolute atomic E-state index is 0.0874. The van der Waals surface area contributed by atoms with Crippen LogP contribution < -0.4 is 5.32 Å². The molecule has 0 bridgehead atoms. The van der Waals surface area contributed by atoms with E-state index in [1.807, 2.05) is 0 Å². The van der Waals surface area contributed by atoms with Gasteiger partial charge in [-0.2, -0.15) is 0 Å². The lowest BCUT2D eigenvalue weighted by Crippen LogP contribution is -2.32. The summed E-state index contributed by atoms with van der Waals surface area (Å²) in [6, 6.07) is -0.426. The first-order valence-electron chi connectivity index (χ1n) is 6.28. The summed E-state index contributed by atoms with van der Waals surface area (Å²) in [4.78, 5) is 11.8. The average molecular weight is 254 g/mol. The Balaban J connectivity index is 2.64. The van der Waals surface area contributed by atoms with Crippen LogP contribution in [0, 0.1) is 0 Å². The fraction of sp³-hybridized carbons (Fsp3) is 0.750.